The fraction of sp³-hybridized carbons (Fsp3) is 0.444. The SMILES string of the molecule is O=C(Nc1nc(-c2ccc3c(c2)OCO3)cs1)[C@H]1CCCC[C@@H]1C(F)(F)F. The monoisotopic (exact) mass is 398 g/mol. The van der Waals surface area contributed by atoms with Crippen molar-refractivity contribution in [2.45, 2.75) is 31.9 Å². The number of thiazole rings is 1. The summed E-state index contributed by atoms with van der Waals surface area (Å²) >= 11 is 1.18. The summed E-state index contributed by atoms with van der Waals surface area (Å²) in [5.41, 5.74) is 1.39. The van der Waals surface area contributed by atoms with Gasteiger partial charge < -0.3 is 14.8 Å². The van der Waals surface area contributed by atoms with Gasteiger partial charge in [-0.15, -0.1) is 11.3 Å². The van der Waals surface area contributed by atoms with Gasteiger partial charge in [0, 0.05) is 16.9 Å². The number of amides is 1. The number of nitrogens with zero attached hydrogens (tertiary/aromatic N) is 1. The summed E-state index contributed by atoms with van der Waals surface area (Å²) in [7, 11) is 0. The van der Waals surface area contributed by atoms with E-state index in [2.05, 4.69) is 10.3 Å². The standard InChI is InChI=1S/C18H17F3N2O3S/c19-18(20,21)12-4-2-1-3-11(12)16(24)23-17-22-13(8-27-17)10-5-6-14-15(7-10)26-9-25-14/h5-8,11-12H,1-4,9H2,(H,22,23,24)/t11-,12-/m0/s1. The van der Waals surface area contributed by atoms with Crippen LogP contribution < -0.4 is 14.8 Å². The summed E-state index contributed by atoms with van der Waals surface area (Å²) < 4.78 is 50.2. The van der Waals surface area contributed by atoms with Crippen molar-refractivity contribution in [2.24, 2.45) is 11.8 Å². The van der Waals surface area contributed by atoms with Crippen molar-refractivity contribution < 1.29 is 27.4 Å². The summed E-state index contributed by atoms with van der Waals surface area (Å²) in [6, 6.07) is 5.37. The summed E-state index contributed by atoms with van der Waals surface area (Å²) in [4.78, 5) is 16.8. The first-order valence-electron chi connectivity index (χ1n) is 8.65. The van der Waals surface area contributed by atoms with Crippen LogP contribution in [0.25, 0.3) is 11.3 Å². The molecule has 5 nitrogen and oxygen atoms in total. The van der Waals surface area contributed by atoms with Crippen LogP contribution in [0.4, 0.5) is 18.3 Å². The van der Waals surface area contributed by atoms with Gasteiger partial charge >= 0.3 is 6.18 Å². The third-order valence-electron chi connectivity index (χ3n) is 4.93. The van der Waals surface area contributed by atoms with Gasteiger partial charge in [-0.2, -0.15) is 13.2 Å². The Bertz CT molecular complexity index is 853. The molecule has 1 N–H and O–H groups in total. The molecule has 1 fully saturated rings. The van der Waals surface area contributed by atoms with Crippen LogP contribution in [0.15, 0.2) is 23.6 Å². The van der Waals surface area contributed by atoms with Gasteiger partial charge in [0.15, 0.2) is 16.6 Å². The number of rotatable bonds is 3. The lowest BCUT2D eigenvalue weighted by Gasteiger charge is -2.31. The zero-order valence-corrected chi connectivity index (χ0v) is 15.0. The molecule has 1 aliphatic heterocycles. The topological polar surface area (TPSA) is 60.5 Å². The lowest BCUT2D eigenvalue weighted by molar-refractivity contribution is -0.197. The van der Waals surface area contributed by atoms with Crippen LogP contribution in [0.2, 0.25) is 0 Å². The average Bonchev–Trinajstić information content (AvgIpc) is 3.29. The number of aromatic nitrogens is 1. The van der Waals surface area contributed by atoms with Crippen LogP contribution in [-0.4, -0.2) is 23.9 Å². The largest absolute Gasteiger partial charge is 0.454 e. The van der Waals surface area contributed by atoms with Crippen molar-refractivity contribution >= 4 is 22.4 Å². The minimum Gasteiger partial charge on any atom is -0.454 e. The number of hydrogen-bond acceptors (Lipinski definition) is 5. The molecule has 2 atom stereocenters. The van der Waals surface area contributed by atoms with Crippen LogP contribution in [0.1, 0.15) is 25.7 Å². The van der Waals surface area contributed by atoms with Gasteiger partial charge in [0.1, 0.15) is 0 Å². The Kier molecular flexibility index (Phi) is 4.71. The number of hydrogen-bond donors (Lipinski definition) is 1. The number of anilines is 1. The minimum absolute atomic E-state index is 0.00189. The molecule has 1 amide bonds. The number of nitrogens with one attached hydrogen (secondary N) is 1. The predicted octanol–water partition coefficient (Wildman–Crippen LogP) is 4.85. The first-order valence-corrected chi connectivity index (χ1v) is 9.53. The van der Waals surface area contributed by atoms with E-state index in [4.69, 9.17) is 9.47 Å². The van der Waals surface area contributed by atoms with Gasteiger partial charge in [0.05, 0.1) is 11.6 Å². The van der Waals surface area contributed by atoms with E-state index in [0.717, 1.165) is 5.56 Å². The van der Waals surface area contributed by atoms with Gasteiger partial charge in [-0.25, -0.2) is 4.98 Å². The van der Waals surface area contributed by atoms with Crippen LogP contribution in [0.3, 0.4) is 0 Å². The normalized spacial score (nSPS) is 21.9. The van der Waals surface area contributed by atoms with Crippen LogP contribution in [-0.2, 0) is 4.79 Å². The highest BCUT2D eigenvalue weighted by Crippen LogP contribution is 2.42. The fourth-order valence-electron chi connectivity index (χ4n) is 3.55. The van der Waals surface area contributed by atoms with E-state index < -0.39 is 23.9 Å². The van der Waals surface area contributed by atoms with Gasteiger partial charge in [0.2, 0.25) is 12.7 Å². The number of carbonyl (C=O) groups excluding carboxylic acids is 1. The molecule has 0 bridgehead atoms. The maximum absolute atomic E-state index is 13.2. The van der Waals surface area contributed by atoms with Gasteiger partial charge in [-0.05, 0) is 31.0 Å². The molecule has 0 unspecified atom stereocenters. The molecule has 2 aromatic rings. The smallest absolute Gasteiger partial charge is 0.392 e. The van der Waals surface area contributed by atoms with Crippen LogP contribution in [0.5, 0.6) is 11.5 Å². The molecular weight excluding hydrogens is 381 g/mol. The predicted molar refractivity (Wildman–Crippen MR) is 93.8 cm³/mol. The van der Waals surface area contributed by atoms with Gasteiger partial charge in [-0.1, -0.05) is 12.8 Å². The highest BCUT2D eigenvalue weighted by Gasteiger charge is 2.48. The Balaban J connectivity index is 1.48. The number of benzene rings is 1. The van der Waals surface area contributed by atoms with E-state index in [1.807, 2.05) is 6.07 Å². The maximum atomic E-state index is 13.2. The van der Waals surface area contributed by atoms with E-state index in [1.54, 1.807) is 17.5 Å². The van der Waals surface area contributed by atoms with Crippen LogP contribution >= 0.6 is 11.3 Å². The second kappa shape index (κ2) is 7.03. The molecule has 9 heteroatoms. The highest BCUT2D eigenvalue weighted by molar-refractivity contribution is 7.14. The van der Waals surface area contributed by atoms with Crippen molar-refractivity contribution in [1.29, 1.82) is 0 Å². The molecule has 2 aliphatic rings. The van der Waals surface area contributed by atoms with E-state index >= 15 is 0 Å². The molecule has 1 aromatic heterocycles. The number of fused-ring (bicyclic) bond motifs is 1. The molecule has 4 rings (SSSR count). The third-order valence-corrected chi connectivity index (χ3v) is 5.68. The minimum atomic E-state index is -4.36. The second-order valence-corrected chi connectivity index (χ2v) is 7.49. The number of ether oxygens (including phenoxy) is 2. The fourth-order valence-corrected chi connectivity index (χ4v) is 4.28. The first kappa shape index (κ1) is 18.1. The van der Waals surface area contributed by atoms with E-state index in [0.29, 0.717) is 35.2 Å². The Morgan fingerprint density at radius 1 is 1.19 bits per heavy atom. The summed E-state index contributed by atoms with van der Waals surface area (Å²) in [6.45, 7) is 0.166. The summed E-state index contributed by atoms with van der Waals surface area (Å²) in [5.74, 6) is -1.99. The zero-order valence-electron chi connectivity index (χ0n) is 14.2. The molecule has 1 aliphatic carbocycles. The quantitative estimate of drug-likeness (QED) is 0.803. The molecule has 27 heavy (non-hydrogen) atoms. The molecule has 2 heterocycles. The Labute approximate surface area is 157 Å². The van der Waals surface area contributed by atoms with Gasteiger partial charge in [0.25, 0.3) is 0 Å². The second-order valence-electron chi connectivity index (χ2n) is 6.63. The zero-order chi connectivity index (χ0) is 19.0. The molecule has 0 radical (unpaired) electrons. The Morgan fingerprint density at radius 3 is 2.78 bits per heavy atom. The molecule has 0 spiro atoms. The third kappa shape index (κ3) is 3.73. The van der Waals surface area contributed by atoms with Crippen molar-refractivity contribution in [2.75, 3.05) is 12.1 Å². The lowest BCUT2D eigenvalue weighted by atomic mass is 9.78. The maximum Gasteiger partial charge on any atom is 0.392 e. The van der Waals surface area contributed by atoms with E-state index in [9.17, 15) is 18.0 Å². The van der Waals surface area contributed by atoms with Crippen LogP contribution in [0, 0.1) is 11.8 Å². The Hall–Kier alpha value is -2.29. The molecule has 1 saturated carbocycles. The lowest BCUT2D eigenvalue weighted by Crippen LogP contribution is -2.39. The number of carbonyl (C=O) groups is 1. The summed E-state index contributed by atoms with van der Waals surface area (Å²) in [5, 5.41) is 4.60. The molecule has 1 aromatic carbocycles. The first-order chi connectivity index (χ1) is 12.9. The molecule has 144 valence electrons. The van der Waals surface area contributed by atoms with Crippen molar-refractivity contribution in [3.05, 3.63) is 23.6 Å². The van der Waals surface area contributed by atoms with Crippen molar-refractivity contribution in [1.82, 2.24) is 4.98 Å². The average molecular weight is 398 g/mol. The number of halogens is 3. The highest BCUT2D eigenvalue weighted by atomic mass is 32.1. The van der Waals surface area contributed by atoms with E-state index in [-0.39, 0.29) is 19.6 Å². The molecule has 0 saturated heterocycles. The van der Waals surface area contributed by atoms with Crippen molar-refractivity contribution in [3.63, 3.8) is 0 Å². The Morgan fingerprint density at radius 2 is 1.96 bits per heavy atom. The van der Waals surface area contributed by atoms with Gasteiger partial charge in [-0.3, -0.25) is 4.79 Å². The van der Waals surface area contributed by atoms with E-state index in [1.165, 1.54) is 11.3 Å². The number of alkyl halides is 3. The summed E-state index contributed by atoms with van der Waals surface area (Å²) in [6.07, 6.45) is -2.98. The van der Waals surface area contributed by atoms with Crippen molar-refractivity contribution in [3.8, 4) is 22.8 Å². The molecular formula is C18H17F3N2O3S.